The van der Waals surface area contributed by atoms with Crippen molar-refractivity contribution in [3.8, 4) is 0 Å². The van der Waals surface area contributed by atoms with Crippen LogP contribution in [0.4, 0.5) is 0 Å². The number of rotatable bonds is 3. The average Bonchev–Trinajstić information content (AvgIpc) is 2.49. The molecule has 0 radical (unpaired) electrons. The zero-order valence-corrected chi connectivity index (χ0v) is 8.58. The van der Waals surface area contributed by atoms with Gasteiger partial charge in [0.2, 0.25) is 0 Å². The highest BCUT2D eigenvalue weighted by Gasteiger charge is 2.36. The summed E-state index contributed by atoms with van der Waals surface area (Å²) in [4.78, 5) is 4.49. The van der Waals surface area contributed by atoms with Crippen molar-refractivity contribution in [2.45, 2.75) is 51.5 Å². The third kappa shape index (κ3) is 1.38. The van der Waals surface area contributed by atoms with Gasteiger partial charge in [-0.3, -0.25) is 0 Å². The topological polar surface area (TPSA) is 17.8 Å². The fourth-order valence-corrected chi connectivity index (χ4v) is 2.18. The molecule has 1 aromatic heterocycles. The molecule has 1 fully saturated rings. The van der Waals surface area contributed by atoms with Crippen LogP contribution in [-0.4, -0.2) is 9.55 Å². The number of hydrogen-bond donors (Lipinski definition) is 0. The standard InChI is InChI=1S/C11H18N2/c1-3-8-13-9-7-12-10(13)11(2)5-4-6-11/h7,9H,3-6,8H2,1-2H3. The average molecular weight is 178 g/mol. The van der Waals surface area contributed by atoms with E-state index in [4.69, 9.17) is 0 Å². The van der Waals surface area contributed by atoms with E-state index < -0.39 is 0 Å². The van der Waals surface area contributed by atoms with Gasteiger partial charge in [-0.05, 0) is 19.3 Å². The molecule has 0 spiro atoms. The van der Waals surface area contributed by atoms with Gasteiger partial charge in [-0.2, -0.15) is 0 Å². The van der Waals surface area contributed by atoms with Crippen LogP contribution < -0.4 is 0 Å². The van der Waals surface area contributed by atoms with Crippen LogP contribution in [-0.2, 0) is 12.0 Å². The molecule has 1 aliphatic rings. The van der Waals surface area contributed by atoms with Crippen molar-refractivity contribution in [1.82, 2.24) is 9.55 Å². The molecule has 0 bridgehead atoms. The smallest absolute Gasteiger partial charge is 0.114 e. The van der Waals surface area contributed by atoms with E-state index in [0.717, 1.165) is 6.54 Å². The van der Waals surface area contributed by atoms with Gasteiger partial charge in [0, 0.05) is 24.4 Å². The Morgan fingerprint density at radius 1 is 1.54 bits per heavy atom. The van der Waals surface area contributed by atoms with Crippen LogP contribution in [0.5, 0.6) is 0 Å². The zero-order chi connectivity index (χ0) is 9.31. The maximum Gasteiger partial charge on any atom is 0.114 e. The van der Waals surface area contributed by atoms with E-state index in [1.807, 2.05) is 6.20 Å². The lowest BCUT2D eigenvalue weighted by Gasteiger charge is -2.37. The van der Waals surface area contributed by atoms with Gasteiger partial charge in [0.15, 0.2) is 0 Å². The Morgan fingerprint density at radius 2 is 2.31 bits per heavy atom. The Balaban J connectivity index is 2.23. The van der Waals surface area contributed by atoms with E-state index in [-0.39, 0.29) is 0 Å². The second-order valence-electron chi connectivity index (χ2n) is 4.36. The molecule has 2 nitrogen and oxygen atoms in total. The molecule has 2 heteroatoms. The molecule has 1 saturated carbocycles. The van der Waals surface area contributed by atoms with Crippen LogP contribution in [0.2, 0.25) is 0 Å². The van der Waals surface area contributed by atoms with Crippen molar-refractivity contribution in [3.63, 3.8) is 0 Å². The van der Waals surface area contributed by atoms with Crippen LogP contribution in [0.15, 0.2) is 12.4 Å². The zero-order valence-electron chi connectivity index (χ0n) is 8.58. The molecule has 0 aliphatic heterocycles. The highest BCUT2D eigenvalue weighted by atomic mass is 15.1. The molecule has 0 unspecified atom stereocenters. The van der Waals surface area contributed by atoms with Crippen LogP contribution >= 0.6 is 0 Å². The van der Waals surface area contributed by atoms with E-state index >= 15 is 0 Å². The third-order valence-corrected chi connectivity index (χ3v) is 3.18. The van der Waals surface area contributed by atoms with Crippen molar-refractivity contribution in [3.05, 3.63) is 18.2 Å². The predicted molar refractivity (Wildman–Crippen MR) is 53.7 cm³/mol. The molecular weight excluding hydrogens is 160 g/mol. The lowest BCUT2D eigenvalue weighted by atomic mass is 9.70. The monoisotopic (exact) mass is 178 g/mol. The highest BCUT2D eigenvalue weighted by molar-refractivity contribution is 5.12. The summed E-state index contributed by atoms with van der Waals surface area (Å²) in [6.07, 6.45) is 9.24. The minimum atomic E-state index is 0.388. The lowest BCUT2D eigenvalue weighted by Crippen LogP contribution is -2.33. The number of aromatic nitrogens is 2. The molecule has 1 heterocycles. The first-order valence-corrected chi connectivity index (χ1v) is 5.28. The first-order valence-electron chi connectivity index (χ1n) is 5.28. The van der Waals surface area contributed by atoms with E-state index in [0.29, 0.717) is 5.41 Å². The van der Waals surface area contributed by atoms with Gasteiger partial charge < -0.3 is 4.57 Å². The summed E-state index contributed by atoms with van der Waals surface area (Å²) >= 11 is 0. The first kappa shape index (κ1) is 8.79. The first-order chi connectivity index (χ1) is 6.26. The second kappa shape index (κ2) is 3.17. The van der Waals surface area contributed by atoms with Crippen molar-refractivity contribution >= 4 is 0 Å². The summed E-state index contributed by atoms with van der Waals surface area (Å²) < 4.78 is 2.32. The third-order valence-electron chi connectivity index (χ3n) is 3.18. The second-order valence-corrected chi connectivity index (χ2v) is 4.36. The minimum Gasteiger partial charge on any atom is -0.334 e. The summed E-state index contributed by atoms with van der Waals surface area (Å²) in [7, 11) is 0. The van der Waals surface area contributed by atoms with E-state index in [9.17, 15) is 0 Å². The summed E-state index contributed by atoms with van der Waals surface area (Å²) in [5, 5.41) is 0. The number of imidazole rings is 1. The Kier molecular flexibility index (Phi) is 2.14. The fraction of sp³-hybridized carbons (Fsp3) is 0.727. The lowest BCUT2D eigenvalue weighted by molar-refractivity contribution is 0.247. The van der Waals surface area contributed by atoms with Crippen molar-refractivity contribution in [2.24, 2.45) is 0 Å². The van der Waals surface area contributed by atoms with Gasteiger partial charge in [0.1, 0.15) is 5.82 Å². The Labute approximate surface area is 80.0 Å². The maximum absolute atomic E-state index is 4.49. The minimum absolute atomic E-state index is 0.388. The molecule has 0 atom stereocenters. The van der Waals surface area contributed by atoms with E-state index in [1.54, 1.807) is 0 Å². The molecule has 0 aromatic carbocycles. The molecule has 0 saturated heterocycles. The van der Waals surface area contributed by atoms with Crippen molar-refractivity contribution in [2.75, 3.05) is 0 Å². The number of aryl methyl sites for hydroxylation is 1. The SMILES string of the molecule is CCCn1ccnc1C1(C)CCC1. The summed E-state index contributed by atoms with van der Waals surface area (Å²) in [5.74, 6) is 1.31. The van der Waals surface area contributed by atoms with Crippen LogP contribution in [0, 0.1) is 0 Å². The number of hydrogen-bond acceptors (Lipinski definition) is 1. The van der Waals surface area contributed by atoms with Gasteiger partial charge in [0.25, 0.3) is 0 Å². The van der Waals surface area contributed by atoms with Gasteiger partial charge in [0.05, 0.1) is 0 Å². The molecule has 0 amide bonds. The van der Waals surface area contributed by atoms with Gasteiger partial charge in [-0.1, -0.05) is 20.3 Å². The predicted octanol–water partition coefficient (Wildman–Crippen LogP) is 2.73. The van der Waals surface area contributed by atoms with Gasteiger partial charge >= 0.3 is 0 Å². The fourth-order valence-electron chi connectivity index (χ4n) is 2.18. The van der Waals surface area contributed by atoms with Crippen molar-refractivity contribution < 1.29 is 0 Å². The van der Waals surface area contributed by atoms with Gasteiger partial charge in [-0.15, -0.1) is 0 Å². The largest absolute Gasteiger partial charge is 0.334 e. The highest BCUT2D eigenvalue weighted by Crippen LogP contribution is 2.42. The van der Waals surface area contributed by atoms with Crippen LogP contribution in [0.3, 0.4) is 0 Å². The molecule has 72 valence electrons. The van der Waals surface area contributed by atoms with Crippen LogP contribution in [0.25, 0.3) is 0 Å². The number of nitrogens with zero attached hydrogens (tertiary/aromatic N) is 2. The normalized spacial score (nSPS) is 19.8. The Morgan fingerprint density at radius 3 is 2.85 bits per heavy atom. The summed E-state index contributed by atoms with van der Waals surface area (Å²) in [6.45, 7) is 5.67. The van der Waals surface area contributed by atoms with Crippen molar-refractivity contribution in [1.29, 1.82) is 0 Å². The molecule has 2 rings (SSSR count). The molecule has 1 aliphatic carbocycles. The molecular formula is C11H18N2. The molecule has 1 aromatic rings. The quantitative estimate of drug-likeness (QED) is 0.696. The van der Waals surface area contributed by atoms with E-state index in [2.05, 4.69) is 29.6 Å². The van der Waals surface area contributed by atoms with E-state index in [1.165, 1.54) is 31.5 Å². The summed E-state index contributed by atoms with van der Waals surface area (Å²) in [5.41, 5.74) is 0.388. The van der Waals surface area contributed by atoms with Gasteiger partial charge in [-0.25, -0.2) is 4.98 Å². The molecule has 13 heavy (non-hydrogen) atoms. The maximum atomic E-state index is 4.49. The summed E-state index contributed by atoms with van der Waals surface area (Å²) in [6, 6.07) is 0. The molecule has 0 N–H and O–H groups in total. The Hall–Kier alpha value is -0.790. The Bertz CT molecular complexity index is 284. The van der Waals surface area contributed by atoms with Crippen LogP contribution in [0.1, 0.15) is 45.4 Å².